The van der Waals surface area contributed by atoms with Gasteiger partial charge in [0.25, 0.3) is 0 Å². The maximum Gasteiger partial charge on any atom is 0.107 e. The number of thiophene rings is 1. The summed E-state index contributed by atoms with van der Waals surface area (Å²) in [6, 6.07) is 9.76. The first-order chi connectivity index (χ1) is 9.65. The van der Waals surface area contributed by atoms with Crippen LogP contribution in [0.25, 0.3) is 10.9 Å². The molecule has 0 aliphatic carbocycles. The minimum absolute atomic E-state index is 0.660. The third kappa shape index (κ3) is 2.79. The highest BCUT2D eigenvalue weighted by Gasteiger charge is 2.07. The van der Waals surface area contributed by atoms with Crippen molar-refractivity contribution in [1.82, 2.24) is 4.98 Å². The van der Waals surface area contributed by atoms with Crippen molar-refractivity contribution in [1.29, 1.82) is 0 Å². The van der Waals surface area contributed by atoms with Crippen molar-refractivity contribution in [2.45, 2.75) is 6.54 Å². The standard InChI is InChI=1S/C14H9BrCl2N2S/c15-10-6-8(20-14(10)17)7-19-12-4-3-11(16)13-9(12)2-1-5-18-13/h1-6,19H,7H2. The van der Waals surface area contributed by atoms with Gasteiger partial charge in [0.1, 0.15) is 4.34 Å². The van der Waals surface area contributed by atoms with E-state index in [0.29, 0.717) is 11.6 Å². The van der Waals surface area contributed by atoms with Crippen molar-refractivity contribution >= 4 is 67.1 Å². The zero-order valence-electron chi connectivity index (χ0n) is 10.2. The van der Waals surface area contributed by atoms with Crippen LogP contribution in [0.5, 0.6) is 0 Å². The number of aromatic nitrogens is 1. The van der Waals surface area contributed by atoms with Gasteiger partial charge in [0.05, 0.1) is 10.5 Å². The lowest BCUT2D eigenvalue weighted by Gasteiger charge is -2.09. The third-order valence-corrected chi connectivity index (χ3v) is 5.65. The molecule has 0 spiro atoms. The van der Waals surface area contributed by atoms with E-state index in [0.717, 1.165) is 30.3 Å². The van der Waals surface area contributed by atoms with Gasteiger partial charge >= 0.3 is 0 Å². The lowest BCUT2D eigenvalue weighted by atomic mass is 10.2. The van der Waals surface area contributed by atoms with Crippen molar-refractivity contribution < 1.29 is 0 Å². The van der Waals surface area contributed by atoms with Crippen molar-refractivity contribution in [2.75, 3.05) is 5.32 Å². The fourth-order valence-electron chi connectivity index (χ4n) is 1.95. The fourth-order valence-corrected chi connectivity index (χ4v) is 3.90. The Morgan fingerprint density at radius 2 is 2.10 bits per heavy atom. The second-order valence-electron chi connectivity index (χ2n) is 4.18. The summed E-state index contributed by atoms with van der Waals surface area (Å²) in [7, 11) is 0. The first-order valence-corrected chi connectivity index (χ1v) is 8.22. The Hall–Kier alpha value is -0.810. The van der Waals surface area contributed by atoms with E-state index in [-0.39, 0.29) is 0 Å². The highest BCUT2D eigenvalue weighted by atomic mass is 79.9. The molecule has 0 saturated heterocycles. The molecule has 20 heavy (non-hydrogen) atoms. The highest BCUT2D eigenvalue weighted by molar-refractivity contribution is 9.10. The summed E-state index contributed by atoms with van der Waals surface area (Å²) < 4.78 is 1.70. The molecule has 1 N–H and O–H groups in total. The van der Waals surface area contributed by atoms with Crippen LogP contribution in [0, 0.1) is 0 Å². The molecule has 0 fully saturated rings. The van der Waals surface area contributed by atoms with Crippen LogP contribution in [0.4, 0.5) is 5.69 Å². The molecular formula is C14H9BrCl2N2S. The van der Waals surface area contributed by atoms with Gasteiger partial charge in [0.15, 0.2) is 0 Å². The van der Waals surface area contributed by atoms with Crippen molar-refractivity contribution in [3.8, 4) is 0 Å². The van der Waals surface area contributed by atoms with E-state index >= 15 is 0 Å². The molecule has 0 bridgehead atoms. The van der Waals surface area contributed by atoms with Crippen LogP contribution < -0.4 is 5.32 Å². The first-order valence-electron chi connectivity index (χ1n) is 5.86. The number of hydrogen-bond donors (Lipinski definition) is 1. The average molecular weight is 388 g/mol. The van der Waals surface area contributed by atoms with Crippen LogP contribution in [-0.4, -0.2) is 4.98 Å². The van der Waals surface area contributed by atoms with Gasteiger partial charge in [-0.2, -0.15) is 0 Å². The summed E-state index contributed by atoms with van der Waals surface area (Å²) in [6.45, 7) is 0.710. The predicted molar refractivity (Wildman–Crippen MR) is 91.1 cm³/mol. The van der Waals surface area contributed by atoms with E-state index in [9.17, 15) is 0 Å². The molecule has 0 radical (unpaired) electrons. The van der Waals surface area contributed by atoms with Gasteiger partial charge in [0, 0.05) is 33.2 Å². The molecule has 2 nitrogen and oxygen atoms in total. The molecule has 6 heteroatoms. The van der Waals surface area contributed by atoms with Gasteiger partial charge in [-0.3, -0.25) is 4.98 Å². The molecule has 0 amide bonds. The Morgan fingerprint density at radius 1 is 1.25 bits per heavy atom. The Morgan fingerprint density at radius 3 is 2.85 bits per heavy atom. The monoisotopic (exact) mass is 386 g/mol. The first kappa shape index (κ1) is 14.1. The number of nitrogens with one attached hydrogen (secondary N) is 1. The summed E-state index contributed by atoms with van der Waals surface area (Å²) in [5, 5.41) is 5.08. The smallest absolute Gasteiger partial charge is 0.107 e. The highest BCUT2D eigenvalue weighted by Crippen LogP contribution is 2.33. The number of rotatable bonds is 3. The van der Waals surface area contributed by atoms with E-state index in [4.69, 9.17) is 23.2 Å². The molecule has 2 aromatic heterocycles. The molecule has 102 valence electrons. The van der Waals surface area contributed by atoms with Gasteiger partial charge in [0.2, 0.25) is 0 Å². The Bertz CT molecular complexity index is 753. The van der Waals surface area contributed by atoms with Gasteiger partial charge in [-0.05, 0) is 46.3 Å². The molecule has 3 aromatic rings. The zero-order chi connectivity index (χ0) is 14.1. The molecule has 0 atom stereocenters. The topological polar surface area (TPSA) is 24.9 Å². The number of nitrogens with zero attached hydrogens (tertiary/aromatic N) is 1. The number of hydrogen-bond acceptors (Lipinski definition) is 3. The number of anilines is 1. The van der Waals surface area contributed by atoms with Gasteiger partial charge in [-0.1, -0.05) is 23.2 Å². The molecule has 0 aliphatic heterocycles. The quantitative estimate of drug-likeness (QED) is 0.598. The van der Waals surface area contributed by atoms with Crippen molar-refractivity contribution in [3.63, 3.8) is 0 Å². The average Bonchev–Trinajstić information content (AvgIpc) is 2.77. The Labute approximate surface area is 138 Å². The van der Waals surface area contributed by atoms with E-state index in [1.54, 1.807) is 17.5 Å². The lowest BCUT2D eigenvalue weighted by Crippen LogP contribution is -1.98. The maximum absolute atomic E-state index is 6.16. The van der Waals surface area contributed by atoms with E-state index in [2.05, 4.69) is 26.2 Å². The lowest BCUT2D eigenvalue weighted by molar-refractivity contribution is 1.20. The molecule has 2 heterocycles. The van der Waals surface area contributed by atoms with E-state index in [1.165, 1.54) is 0 Å². The van der Waals surface area contributed by atoms with Crippen LogP contribution in [-0.2, 0) is 6.54 Å². The number of pyridine rings is 1. The summed E-state index contributed by atoms with van der Waals surface area (Å²) in [4.78, 5) is 5.48. The van der Waals surface area contributed by atoms with Crippen LogP contribution in [0.3, 0.4) is 0 Å². The van der Waals surface area contributed by atoms with Crippen LogP contribution >= 0.6 is 50.5 Å². The minimum Gasteiger partial charge on any atom is -0.380 e. The van der Waals surface area contributed by atoms with E-state index < -0.39 is 0 Å². The van der Waals surface area contributed by atoms with Gasteiger partial charge < -0.3 is 5.32 Å². The second-order valence-corrected chi connectivity index (χ2v) is 7.18. The van der Waals surface area contributed by atoms with Crippen molar-refractivity contribution in [3.05, 3.63) is 55.2 Å². The largest absolute Gasteiger partial charge is 0.380 e. The molecule has 1 aromatic carbocycles. The molecule has 3 rings (SSSR count). The third-order valence-electron chi connectivity index (χ3n) is 2.87. The second kappa shape index (κ2) is 5.90. The summed E-state index contributed by atoms with van der Waals surface area (Å²) in [5.41, 5.74) is 1.82. The Balaban J connectivity index is 1.89. The SMILES string of the molecule is Clc1sc(CNc2ccc(Cl)c3ncccc23)cc1Br. The molecule has 0 saturated carbocycles. The zero-order valence-corrected chi connectivity index (χ0v) is 14.1. The van der Waals surface area contributed by atoms with Crippen LogP contribution in [0.15, 0.2) is 41.0 Å². The molecule has 0 unspecified atom stereocenters. The molecule has 0 aliphatic rings. The fraction of sp³-hybridized carbons (Fsp3) is 0.0714. The summed E-state index contributed by atoms with van der Waals surface area (Å²) >= 11 is 17.2. The predicted octanol–water partition coefficient (Wildman–Crippen LogP) is 5.98. The minimum atomic E-state index is 0.660. The normalized spacial score (nSPS) is 10.9. The van der Waals surface area contributed by atoms with Gasteiger partial charge in [-0.25, -0.2) is 0 Å². The summed E-state index contributed by atoms with van der Waals surface area (Å²) in [6.07, 6.45) is 1.74. The number of halogens is 3. The van der Waals surface area contributed by atoms with Crippen LogP contribution in [0.1, 0.15) is 4.88 Å². The van der Waals surface area contributed by atoms with Crippen molar-refractivity contribution in [2.24, 2.45) is 0 Å². The number of fused-ring (bicyclic) bond motifs is 1. The maximum atomic E-state index is 6.16. The summed E-state index contributed by atoms with van der Waals surface area (Å²) in [5.74, 6) is 0. The van der Waals surface area contributed by atoms with Crippen LogP contribution in [0.2, 0.25) is 9.36 Å². The van der Waals surface area contributed by atoms with E-state index in [1.807, 2.05) is 30.3 Å². The molecular weight excluding hydrogens is 379 g/mol. The Kier molecular flexibility index (Phi) is 4.17. The number of benzene rings is 1. The van der Waals surface area contributed by atoms with Gasteiger partial charge in [-0.15, -0.1) is 11.3 Å².